The molecule has 0 amide bonds. The number of rotatable bonds is 6. The molecule has 0 spiro atoms. The normalized spacial score (nSPS) is 10.2. The molecule has 0 aliphatic carbocycles. The summed E-state index contributed by atoms with van der Waals surface area (Å²) >= 11 is 9.33. The van der Waals surface area contributed by atoms with E-state index in [1.54, 1.807) is 30.3 Å². The second-order valence-electron chi connectivity index (χ2n) is 4.07. The topological polar surface area (TPSA) is 55.8 Å². The first-order chi connectivity index (χ1) is 10.1. The predicted octanol–water partition coefficient (Wildman–Crippen LogP) is 4.26. The fraction of sp³-hybridized carbons (Fsp3) is 0.133. The van der Waals surface area contributed by atoms with Crippen LogP contribution in [0.3, 0.4) is 0 Å². The van der Waals surface area contributed by atoms with E-state index in [-0.39, 0.29) is 18.8 Å². The van der Waals surface area contributed by atoms with Crippen LogP contribution in [0.25, 0.3) is 0 Å². The monoisotopic (exact) mass is 370 g/mol. The number of carboxylic acid groups (broad SMARTS) is 1. The molecule has 0 aromatic heterocycles. The van der Waals surface area contributed by atoms with Crippen LogP contribution in [-0.4, -0.2) is 24.3 Å². The zero-order valence-corrected chi connectivity index (χ0v) is 13.2. The van der Waals surface area contributed by atoms with Gasteiger partial charge in [-0.2, -0.15) is 0 Å². The van der Waals surface area contributed by atoms with Crippen LogP contribution in [-0.2, 0) is 0 Å². The second-order valence-corrected chi connectivity index (χ2v) is 5.40. The molecule has 4 nitrogen and oxygen atoms in total. The van der Waals surface area contributed by atoms with Crippen LogP contribution in [0.4, 0.5) is 0 Å². The highest BCUT2D eigenvalue weighted by atomic mass is 79.9. The molecule has 2 rings (SSSR count). The summed E-state index contributed by atoms with van der Waals surface area (Å²) in [7, 11) is 0. The maximum atomic E-state index is 11.0. The van der Waals surface area contributed by atoms with E-state index in [9.17, 15) is 4.79 Å². The molecule has 1 N–H and O–H groups in total. The third-order valence-corrected chi connectivity index (χ3v) is 3.40. The highest BCUT2D eigenvalue weighted by molar-refractivity contribution is 9.10. The van der Waals surface area contributed by atoms with Gasteiger partial charge in [0.1, 0.15) is 30.3 Å². The molecule has 0 fully saturated rings. The second kappa shape index (κ2) is 7.33. The number of aromatic carboxylic acids is 1. The van der Waals surface area contributed by atoms with E-state index in [0.717, 1.165) is 4.47 Å². The highest BCUT2D eigenvalue weighted by Crippen LogP contribution is 2.27. The van der Waals surface area contributed by atoms with E-state index in [1.807, 2.05) is 6.07 Å². The van der Waals surface area contributed by atoms with Gasteiger partial charge in [0.05, 0.1) is 5.02 Å². The minimum Gasteiger partial charge on any atom is -0.489 e. The Morgan fingerprint density at radius 1 is 1.10 bits per heavy atom. The fourth-order valence-electron chi connectivity index (χ4n) is 1.66. The van der Waals surface area contributed by atoms with Crippen LogP contribution in [0.5, 0.6) is 11.5 Å². The number of carboxylic acids is 1. The van der Waals surface area contributed by atoms with Crippen molar-refractivity contribution >= 4 is 33.5 Å². The first-order valence-electron chi connectivity index (χ1n) is 6.11. The molecule has 21 heavy (non-hydrogen) atoms. The quantitative estimate of drug-likeness (QED) is 0.771. The minimum atomic E-state index is -1.03. The molecule has 0 aliphatic rings. The average Bonchev–Trinajstić information content (AvgIpc) is 2.45. The molecule has 0 radical (unpaired) electrons. The van der Waals surface area contributed by atoms with E-state index < -0.39 is 5.97 Å². The molecular weight excluding hydrogens is 360 g/mol. The van der Waals surface area contributed by atoms with Gasteiger partial charge < -0.3 is 14.6 Å². The van der Waals surface area contributed by atoms with Crippen molar-refractivity contribution in [3.8, 4) is 11.5 Å². The van der Waals surface area contributed by atoms with Gasteiger partial charge in [-0.3, -0.25) is 0 Å². The fourth-order valence-corrected chi connectivity index (χ4v) is 2.39. The van der Waals surface area contributed by atoms with Crippen molar-refractivity contribution in [1.82, 2.24) is 0 Å². The van der Waals surface area contributed by atoms with E-state index >= 15 is 0 Å². The van der Waals surface area contributed by atoms with Gasteiger partial charge in [0, 0.05) is 4.47 Å². The Labute approximate surface area is 135 Å². The smallest absolute Gasteiger partial charge is 0.339 e. The maximum Gasteiger partial charge on any atom is 0.339 e. The summed E-state index contributed by atoms with van der Waals surface area (Å²) in [6.07, 6.45) is 0. The Balaban J connectivity index is 1.89. The predicted molar refractivity (Wildman–Crippen MR) is 83.5 cm³/mol. The van der Waals surface area contributed by atoms with E-state index in [4.69, 9.17) is 26.2 Å². The molecule has 0 bridgehead atoms. The SMILES string of the molecule is O=C(O)c1ccccc1OCCOc1ccc(Br)cc1Cl. The summed E-state index contributed by atoms with van der Waals surface area (Å²) in [5.74, 6) is -0.159. The third kappa shape index (κ3) is 4.37. The van der Waals surface area contributed by atoms with Crippen molar-refractivity contribution in [2.24, 2.45) is 0 Å². The van der Waals surface area contributed by atoms with Crippen LogP contribution in [0.2, 0.25) is 5.02 Å². The molecule has 0 atom stereocenters. The van der Waals surface area contributed by atoms with Crippen molar-refractivity contribution in [3.05, 3.63) is 57.5 Å². The van der Waals surface area contributed by atoms with Crippen LogP contribution < -0.4 is 9.47 Å². The Bertz CT molecular complexity index is 645. The number of hydrogen-bond donors (Lipinski definition) is 1. The third-order valence-electron chi connectivity index (χ3n) is 2.61. The van der Waals surface area contributed by atoms with Crippen LogP contribution in [0.15, 0.2) is 46.9 Å². The minimum absolute atomic E-state index is 0.124. The number of hydrogen-bond acceptors (Lipinski definition) is 3. The Hall–Kier alpha value is -1.72. The van der Waals surface area contributed by atoms with Crippen LogP contribution in [0.1, 0.15) is 10.4 Å². The van der Waals surface area contributed by atoms with Gasteiger partial charge in [-0.25, -0.2) is 4.79 Å². The Morgan fingerprint density at radius 3 is 2.43 bits per heavy atom. The van der Waals surface area contributed by atoms with Crippen molar-refractivity contribution in [3.63, 3.8) is 0 Å². The van der Waals surface area contributed by atoms with Gasteiger partial charge in [0.15, 0.2) is 0 Å². The van der Waals surface area contributed by atoms with Crippen molar-refractivity contribution < 1.29 is 19.4 Å². The summed E-state index contributed by atoms with van der Waals surface area (Å²) in [5.41, 5.74) is 0.124. The van der Waals surface area contributed by atoms with Gasteiger partial charge in [-0.1, -0.05) is 39.7 Å². The van der Waals surface area contributed by atoms with Gasteiger partial charge >= 0.3 is 5.97 Å². The number of halogens is 2. The molecular formula is C15H12BrClO4. The first-order valence-corrected chi connectivity index (χ1v) is 7.28. The van der Waals surface area contributed by atoms with E-state index in [1.165, 1.54) is 6.07 Å². The van der Waals surface area contributed by atoms with Crippen LogP contribution in [0, 0.1) is 0 Å². The van der Waals surface area contributed by atoms with E-state index in [0.29, 0.717) is 16.5 Å². The molecule has 0 aliphatic heterocycles. The average molecular weight is 372 g/mol. The van der Waals surface area contributed by atoms with Gasteiger partial charge in [0.25, 0.3) is 0 Å². The first kappa shape index (κ1) is 15.7. The molecule has 0 saturated heterocycles. The highest BCUT2D eigenvalue weighted by Gasteiger charge is 2.10. The number of carbonyl (C=O) groups is 1. The lowest BCUT2D eigenvalue weighted by molar-refractivity contribution is 0.0691. The molecule has 0 heterocycles. The molecule has 2 aromatic rings. The lowest BCUT2D eigenvalue weighted by Crippen LogP contribution is -2.11. The van der Waals surface area contributed by atoms with Gasteiger partial charge in [-0.15, -0.1) is 0 Å². The number of para-hydroxylation sites is 1. The molecule has 110 valence electrons. The van der Waals surface area contributed by atoms with Gasteiger partial charge in [-0.05, 0) is 30.3 Å². The number of benzene rings is 2. The molecule has 6 heteroatoms. The Morgan fingerprint density at radius 2 is 1.76 bits per heavy atom. The van der Waals surface area contributed by atoms with Crippen molar-refractivity contribution in [1.29, 1.82) is 0 Å². The molecule has 2 aromatic carbocycles. The molecule has 0 unspecified atom stereocenters. The lowest BCUT2D eigenvalue weighted by atomic mass is 10.2. The Kier molecular flexibility index (Phi) is 5.47. The summed E-state index contributed by atoms with van der Waals surface area (Å²) in [4.78, 5) is 11.0. The van der Waals surface area contributed by atoms with Crippen molar-refractivity contribution in [2.75, 3.05) is 13.2 Å². The summed E-state index contributed by atoms with van der Waals surface area (Å²) in [5, 5.41) is 9.53. The van der Waals surface area contributed by atoms with E-state index in [2.05, 4.69) is 15.9 Å². The summed E-state index contributed by atoms with van der Waals surface area (Å²) in [6, 6.07) is 11.8. The van der Waals surface area contributed by atoms with Crippen LogP contribution >= 0.6 is 27.5 Å². The lowest BCUT2D eigenvalue weighted by Gasteiger charge is -2.11. The zero-order valence-electron chi connectivity index (χ0n) is 10.9. The zero-order chi connectivity index (χ0) is 15.2. The largest absolute Gasteiger partial charge is 0.489 e. The summed E-state index contributed by atoms with van der Waals surface area (Å²) < 4.78 is 11.8. The standard InChI is InChI=1S/C15H12BrClO4/c16-10-5-6-14(12(17)9-10)21-8-7-20-13-4-2-1-3-11(13)15(18)19/h1-6,9H,7-8H2,(H,18,19). The van der Waals surface area contributed by atoms with Crippen molar-refractivity contribution in [2.45, 2.75) is 0 Å². The summed E-state index contributed by atoms with van der Waals surface area (Å²) in [6.45, 7) is 0.478. The molecule has 0 saturated carbocycles. The van der Waals surface area contributed by atoms with Gasteiger partial charge in [0.2, 0.25) is 0 Å². The number of ether oxygens (including phenoxy) is 2. The maximum absolute atomic E-state index is 11.0.